The van der Waals surface area contributed by atoms with Gasteiger partial charge in [0.25, 0.3) is 0 Å². The van der Waals surface area contributed by atoms with Crippen LogP contribution in [0.25, 0.3) is 0 Å². The molecule has 0 saturated carbocycles. The summed E-state index contributed by atoms with van der Waals surface area (Å²) in [5, 5.41) is 0. The van der Waals surface area contributed by atoms with Crippen molar-refractivity contribution in [3.63, 3.8) is 0 Å². The topological polar surface area (TPSA) is 8.17 Å². The van der Waals surface area contributed by atoms with E-state index in [2.05, 4.69) is 28.8 Å². The van der Waals surface area contributed by atoms with E-state index >= 15 is 0 Å². The Balaban J connectivity index is 1.99. The summed E-state index contributed by atoms with van der Waals surface area (Å²) in [5.74, 6) is 0. The van der Waals surface area contributed by atoms with Crippen LogP contribution in [0.2, 0.25) is 0 Å². The van der Waals surface area contributed by atoms with Crippen LogP contribution >= 0.6 is 0 Å². The average molecular weight is 190 g/mol. The molecule has 76 valence electrons. The van der Waals surface area contributed by atoms with E-state index < -0.39 is 0 Å². The number of nitrogens with zero attached hydrogens (tertiary/aromatic N) is 2. The minimum absolute atomic E-state index is 0.744. The summed E-state index contributed by atoms with van der Waals surface area (Å²) < 4.78 is 2.31. The van der Waals surface area contributed by atoms with Gasteiger partial charge in [-0.1, -0.05) is 6.42 Å². The molecule has 1 fully saturated rings. The van der Waals surface area contributed by atoms with Crippen molar-refractivity contribution in [2.45, 2.75) is 31.7 Å². The van der Waals surface area contributed by atoms with Crippen molar-refractivity contribution in [2.75, 3.05) is 13.1 Å². The third-order valence-corrected chi connectivity index (χ3v) is 3.85. The van der Waals surface area contributed by atoms with Crippen LogP contribution in [0.4, 0.5) is 0 Å². The lowest BCUT2D eigenvalue weighted by molar-refractivity contribution is 0.137. The first-order chi connectivity index (χ1) is 6.86. The molecule has 0 N–H and O–H groups in total. The summed E-state index contributed by atoms with van der Waals surface area (Å²) in [5.41, 5.74) is 3.19. The molecule has 1 saturated heterocycles. The minimum atomic E-state index is 0.744. The smallest absolute Gasteiger partial charge is 0.0366 e. The maximum absolute atomic E-state index is 2.67. The van der Waals surface area contributed by atoms with Gasteiger partial charge in [0.2, 0.25) is 0 Å². The van der Waals surface area contributed by atoms with Crippen LogP contribution in [-0.2, 0) is 13.5 Å². The van der Waals surface area contributed by atoms with Gasteiger partial charge < -0.3 is 4.57 Å². The van der Waals surface area contributed by atoms with Crippen molar-refractivity contribution < 1.29 is 0 Å². The van der Waals surface area contributed by atoms with Crippen molar-refractivity contribution in [3.05, 3.63) is 23.5 Å². The Morgan fingerprint density at radius 1 is 1.29 bits per heavy atom. The monoisotopic (exact) mass is 190 g/mol. The van der Waals surface area contributed by atoms with Gasteiger partial charge in [-0.25, -0.2) is 0 Å². The van der Waals surface area contributed by atoms with Gasteiger partial charge in [0, 0.05) is 37.9 Å². The molecule has 3 rings (SSSR count). The summed E-state index contributed by atoms with van der Waals surface area (Å²) >= 11 is 0. The standard InChI is InChI=1S/C12H18N2/c1-13-8-5-10-11(13)6-9-14-7-3-2-4-12(10)14/h5,8,12H,2-4,6-7,9H2,1H3. The van der Waals surface area contributed by atoms with Crippen molar-refractivity contribution in [2.24, 2.45) is 7.05 Å². The summed E-state index contributed by atoms with van der Waals surface area (Å²) in [4.78, 5) is 2.67. The number of hydrogen-bond donors (Lipinski definition) is 0. The highest BCUT2D eigenvalue weighted by Gasteiger charge is 2.30. The molecule has 0 radical (unpaired) electrons. The molecule has 1 atom stereocenters. The molecule has 14 heavy (non-hydrogen) atoms. The van der Waals surface area contributed by atoms with Crippen LogP contribution in [-0.4, -0.2) is 22.6 Å². The van der Waals surface area contributed by atoms with Gasteiger partial charge in [0.15, 0.2) is 0 Å². The molecular formula is C12H18N2. The predicted octanol–water partition coefficient (Wildman–Crippen LogP) is 2.11. The summed E-state index contributed by atoms with van der Waals surface area (Å²) in [6, 6.07) is 3.08. The van der Waals surface area contributed by atoms with E-state index in [0.29, 0.717) is 0 Å². The lowest BCUT2D eigenvalue weighted by atomic mass is 9.91. The first-order valence-corrected chi connectivity index (χ1v) is 5.74. The van der Waals surface area contributed by atoms with E-state index in [1.165, 1.54) is 38.8 Å². The molecule has 0 aromatic carbocycles. The largest absolute Gasteiger partial charge is 0.354 e. The Labute approximate surface area is 85.5 Å². The molecule has 2 aliphatic rings. The van der Waals surface area contributed by atoms with Gasteiger partial charge >= 0.3 is 0 Å². The molecule has 0 bridgehead atoms. The zero-order valence-electron chi connectivity index (χ0n) is 8.87. The average Bonchev–Trinajstić information content (AvgIpc) is 2.61. The van der Waals surface area contributed by atoms with Crippen molar-refractivity contribution in [1.82, 2.24) is 9.47 Å². The zero-order valence-corrected chi connectivity index (χ0v) is 8.87. The molecule has 2 nitrogen and oxygen atoms in total. The van der Waals surface area contributed by atoms with Crippen LogP contribution in [0.3, 0.4) is 0 Å². The van der Waals surface area contributed by atoms with Crippen LogP contribution in [0.1, 0.15) is 36.6 Å². The van der Waals surface area contributed by atoms with Gasteiger partial charge in [0.1, 0.15) is 0 Å². The first-order valence-electron chi connectivity index (χ1n) is 5.74. The molecule has 1 aromatic rings. The molecular weight excluding hydrogens is 172 g/mol. The third kappa shape index (κ3) is 1.13. The quantitative estimate of drug-likeness (QED) is 0.608. The fourth-order valence-electron chi connectivity index (χ4n) is 3.07. The minimum Gasteiger partial charge on any atom is -0.354 e. The van der Waals surface area contributed by atoms with Gasteiger partial charge in [-0.3, -0.25) is 4.90 Å². The Bertz CT molecular complexity index is 340. The fraction of sp³-hybridized carbons (Fsp3) is 0.667. The second kappa shape index (κ2) is 3.13. The van der Waals surface area contributed by atoms with Crippen LogP contribution < -0.4 is 0 Å². The van der Waals surface area contributed by atoms with Gasteiger partial charge in [-0.15, -0.1) is 0 Å². The molecule has 3 heterocycles. The first kappa shape index (κ1) is 8.54. The van der Waals surface area contributed by atoms with E-state index in [1.54, 1.807) is 11.3 Å². The predicted molar refractivity (Wildman–Crippen MR) is 57.3 cm³/mol. The maximum Gasteiger partial charge on any atom is 0.0366 e. The second-order valence-corrected chi connectivity index (χ2v) is 4.63. The molecule has 0 aliphatic carbocycles. The van der Waals surface area contributed by atoms with E-state index in [1.807, 2.05) is 0 Å². The maximum atomic E-state index is 2.67. The number of piperidine rings is 1. The number of rotatable bonds is 0. The van der Waals surface area contributed by atoms with Crippen molar-refractivity contribution in [1.29, 1.82) is 0 Å². The van der Waals surface area contributed by atoms with E-state index in [-0.39, 0.29) is 0 Å². The molecule has 2 heteroatoms. The van der Waals surface area contributed by atoms with E-state index in [0.717, 1.165) is 6.04 Å². The number of fused-ring (bicyclic) bond motifs is 3. The van der Waals surface area contributed by atoms with Gasteiger partial charge in [-0.05, 0) is 31.0 Å². The van der Waals surface area contributed by atoms with E-state index in [9.17, 15) is 0 Å². The highest BCUT2D eigenvalue weighted by molar-refractivity contribution is 5.29. The Kier molecular flexibility index (Phi) is 1.91. The summed E-state index contributed by atoms with van der Waals surface area (Å²) in [6.07, 6.45) is 7.66. The number of aromatic nitrogens is 1. The molecule has 1 unspecified atom stereocenters. The third-order valence-electron chi connectivity index (χ3n) is 3.85. The highest BCUT2D eigenvalue weighted by Crippen LogP contribution is 2.36. The fourth-order valence-corrected chi connectivity index (χ4v) is 3.07. The highest BCUT2D eigenvalue weighted by atomic mass is 15.2. The normalized spacial score (nSPS) is 27.1. The SMILES string of the molecule is Cn1ccc2c1CCN1CCCCC21. The number of hydrogen-bond acceptors (Lipinski definition) is 1. The van der Waals surface area contributed by atoms with Crippen molar-refractivity contribution in [3.8, 4) is 0 Å². The Morgan fingerprint density at radius 3 is 3.14 bits per heavy atom. The molecule has 1 aromatic heterocycles. The van der Waals surface area contributed by atoms with Crippen LogP contribution in [0.15, 0.2) is 12.3 Å². The Hall–Kier alpha value is -0.760. The van der Waals surface area contributed by atoms with Gasteiger partial charge in [-0.2, -0.15) is 0 Å². The molecule has 0 amide bonds. The number of aryl methyl sites for hydroxylation is 1. The van der Waals surface area contributed by atoms with Crippen LogP contribution in [0, 0.1) is 0 Å². The Morgan fingerprint density at radius 2 is 2.21 bits per heavy atom. The van der Waals surface area contributed by atoms with Crippen LogP contribution in [0.5, 0.6) is 0 Å². The van der Waals surface area contributed by atoms with Crippen molar-refractivity contribution >= 4 is 0 Å². The van der Waals surface area contributed by atoms with Gasteiger partial charge in [0.05, 0.1) is 0 Å². The zero-order chi connectivity index (χ0) is 9.54. The lowest BCUT2D eigenvalue weighted by Gasteiger charge is -2.39. The molecule has 2 aliphatic heterocycles. The lowest BCUT2D eigenvalue weighted by Crippen LogP contribution is -2.38. The summed E-state index contributed by atoms with van der Waals surface area (Å²) in [6.45, 7) is 2.59. The van der Waals surface area contributed by atoms with E-state index in [4.69, 9.17) is 0 Å². The molecule has 0 spiro atoms. The second-order valence-electron chi connectivity index (χ2n) is 4.63. The summed E-state index contributed by atoms with van der Waals surface area (Å²) in [7, 11) is 2.18.